The van der Waals surface area contributed by atoms with Gasteiger partial charge >= 0.3 is 11.7 Å². The van der Waals surface area contributed by atoms with Gasteiger partial charge in [0.1, 0.15) is 24.3 Å². The Hall–Kier alpha value is -4.87. The Bertz CT molecular complexity index is 1450. The Morgan fingerprint density at radius 1 is 1.00 bits per heavy atom. The van der Waals surface area contributed by atoms with E-state index < -0.39 is 35.6 Å². The number of ether oxygens (including phenoxy) is 1. The van der Waals surface area contributed by atoms with Gasteiger partial charge in [0, 0.05) is 29.8 Å². The molecule has 0 fully saturated rings. The molecule has 2 aromatic carbocycles. The number of amides is 3. The molecule has 41 heavy (non-hydrogen) atoms. The van der Waals surface area contributed by atoms with Crippen molar-refractivity contribution < 1.29 is 23.5 Å². The van der Waals surface area contributed by atoms with Crippen LogP contribution in [0.25, 0.3) is 11.0 Å². The number of hydrogen-bond acceptors (Lipinski definition) is 7. The van der Waals surface area contributed by atoms with Crippen LogP contribution in [-0.4, -0.2) is 42.5 Å². The molecule has 7 N–H and O–H groups in total. The van der Waals surface area contributed by atoms with Gasteiger partial charge in [-0.15, -0.1) is 0 Å². The van der Waals surface area contributed by atoms with E-state index in [1.54, 1.807) is 39.0 Å². The summed E-state index contributed by atoms with van der Waals surface area (Å²) in [5.74, 6) is -1.46. The molecule has 218 valence electrons. The summed E-state index contributed by atoms with van der Waals surface area (Å²) in [7, 11) is 0. The van der Waals surface area contributed by atoms with Crippen LogP contribution >= 0.6 is 0 Å². The van der Waals surface area contributed by atoms with Crippen molar-refractivity contribution in [2.24, 2.45) is 22.4 Å². The van der Waals surface area contributed by atoms with E-state index in [1.807, 2.05) is 30.3 Å². The number of aliphatic imine (C=N–C) groups is 1. The summed E-state index contributed by atoms with van der Waals surface area (Å²) in [6.45, 7) is 5.61. The Balaban J connectivity index is 1.71. The highest BCUT2D eigenvalue weighted by Gasteiger charge is 2.29. The van der Waals surface area contributed by atoms with Crippen molar-refractivity contribution in [3.05, 3.63) is 76.1 Å². The molecule has 0 saturated heterocycles. The number of rotatable bonds is 12. The smallest absolute Gasteiger partial charge is 0.408 e. The largest absolute Gasteiger partial charge is 0.445 e. The number of anilines is 1. The van der Waals surface area contributed by atoms with Crippen molar-refractivity contribution in [1.82, 2.24) is 10.6 Å². The molecule has 12 heteroatoms. The molecule has 12 nitrogen and oxygen atoms in total. The molecule has 0 unspecified atom stereocenters. The van der Waals surface area contributed by atoms with E-state index in [-0.39, 0.29) is 31.4 Å². The lowest BCUT2D eigenvalue weighted by Gasteiger charge is -2.25. The van der Waals surface area contributed by atoms with Crippen molar-refractivity contribution in [3.8, 4) is 0 Å². The molecular weight excluding hydrogens is 528 g/mol. The number of hydrogen-bond donors (Lipinski definition) is 5. The lowest BCUT2D eigenvalue weighted by Crippen LogP contribution is -2.54. The van der Waals surface area contributed by atoms with E-state index in [0.29, 0.717) is 17.7 Å². The first-order chi connectivity index (χ1) is 19.5. The maximum absolute atomic E-state index is 13.3. The maximum atomic E-state index is 13.3. The lowest BCUT2D eigenvalue weighted by atomic mass is 10.0. The molecule has 0 spiro atoms. The molecule has 3 aromatic rings. The zero-order chi connectivity index (χ0) is 29.9. The summed E-state index contributed by atoms with van der Waals surface area (Å²) in [5, 5.41) is 8.82. The van der Waals surface area contributed by atoms with E-state index in [0.717, 1.165) is 16.5 Å². The van der Waals surface area contributed by atoms with Gasteiger partial charge in [0.05, 0.1) is 0 Å². The fourth-order valence-electron chi connectivity index (χ4n) is 4.09. The van der Waals surface area contributed by atoms with E-state index >= 15 is 0 Å². The number of aryl methyl sites for hydroxylation is 1. The fourth-order valence-corrected chi connectivity index (χ4v) is 4.09. The summed E-state index contributed by atoms with van der Waals surface area (Å²) in [4.78, 5) is 54.8. The summed E-state index contributed by atoms with van der Waals surface area (Å²) >= 11 is 0. The second-order valence-electron chi connectivity index (χ2n) is 9.89. The maximum Gasteiger partial charge on any atom is 0.408 e. The fraction of sp³-hybridized carbons (Fsp3) is 0.345. The highest BCUT2D eigenvalue weighted by Crippen LogP contribution is 2.21. The topological polar surface area (TPSA) is 191 Å². The third-order valence-corrected chi connectivity index (χ3v) is 6.23. The molecule has 0 saturated carbocycles. The monoisotopic (exact) mass is 564 g/mol. The average molecular weight is 565 g/mol. The molecule has 1 aromatic heterocycles. The van der Waals surface area contributed by atoms with Gasteiger partial charge in [0.2, 0.25) is 11.8 Å². The molecule has 1 heterocycles. The first kappa shape index (κ1) is 30.7. The second kappa shape index (κ2) is 14.5. The predicted octanol–water partition coefficient (Wildman–Crippen LogP) is 2.53. The molecule has 0 aliphatic rings. The van der Waals surface area contributed by atoms with Crippen LogP contribution < -0.4 is 33.0 Å². The number of alkyl carbamates (subject to hydrolysis) is 1. The number of fused-ring (bicyclic) bond motifs is 1. The molecule has 0 bridgehead atoms. The number of carbonyl (C=O) groups is 3. The van der Waals surface area contributed by atoms with Crippen molar-refractivity contribution in [3.63, 3.8) is 0 Å². The van der Waals surface area contributed by atoms with Gasteiger partial charge in [-0.05, 0) is 48.9 Å². The Kier molecular flexibility index (Phi) is 10.8. The molecule has 3 rings (SSSR count). The standard InChI is InChI=1S/C29H36N6O6/c1-17(2)25(35-29(39)40-16-19-8-5-4-6-9-19)27(38)34-22(10-7-13-32-28(30)31)26(37)33-20-11-12-21-18(3)14-24(36)41-23(21)15-20/h4-6,8-9,11-12,14-15,17,22,25H,7,10,13,16H2,1-3H3,(H,33,37)(H,34,38)(H,35,39)(H4,30,31,32)/t22-,25-/m0/s1. The number of nitrogens with one attached hydrogen (secondary N) is 3. The Morgan fingerprint density at radius 2 is 1.73 bits per heavy atom. The number of benzene rings is 2. The van der Waals surface area contributed by atoms with Gasteiger partial charge in [-0.1, -0.05) is 44.2 Å². The molecule has 0 radical (unpaired) electrons. The van der Waals surface area contributed by atoms with E-state index in [1.165, 1.54) is 6.07 Å². The van der Waals surface area contributed by atoms with Crippen molar-refractivity contribution in [1.29, 1.82) is 0 Å². The minimum Gasteiger partial charge on any atom is -0.445 e. The van der Waals surface area contributed by atoms with Crippen molar-refractivity contribution >= 4 is 40.5 Å². The molecular formula is C29H36N6O6. The minimum atomic E-state index is -0.986. The highest BCUT2D eigenvalue weighted by atomic mass is 16.5. The minimum absolute atomic E-state index is 0.0420. The van der Waals surface area contributed by atoms with Crippen LogP contribution in [0.4, 0.5) is 10.5 Å². The van der Waals surface area contributed by atoms with E-state index in [2.05, 4.69) is 20.9 Å². The first-order valence-corrected chi connectivity index (χ1v) is 13.2. The third kappa shape index (κ3) is 9.38. The Morgan fingerprint density at radius 3 is 2.41 bits per heavy atom. The number of nitrogens with two attached hydrogens (primary N) is 2. The van der Waals surface area contributed by atoms with Crippen LogP contribution in [-0.2, 0) is 20.9 Å². The highest BCUT2D eigenvalue weighted by molar-refractivity contribution is 5.99. The van der Waals surface area contributed by atoms with Gasteiger partial charge in [-0.25, -0.2) is 9.59 Å². The third-order valence-electron chi connectivity index (χ3n) is 6.23. The van der Waals surface area contributed by atoms with Gasteiger partial charge < -0.3 is 36.6 Å². The normalized spacial score (nSPS) is 12.3. The van der Waals surface area contributed by atoms with Gasteiger partial charge in [-0.3, -0.25) is 14.6 Å². The zero-order valence-electron chi connectivity index (χ0n) is 23.3. The van der Waals surface area contributed by atoms with Crippen molar-refractivity contribution in [2.75, 3.05) is 11.9 Å². The van der Waals surface area contributed by atoms with Crippen LogP contribution in [0, 0.1) is 12.8 Å². The first-order valence-electron chi connectivity index (χ1n) is 13.2. The SMILES string of the molecule is Cc1cc(=O)oc2cc(NC(=O)[C@H](CCCN=C(N)N)NC(=O)[C@@H](NC(=O)OCc3ccccc3)C(C)C)ccc12. The summed E-state index contributed by atoms with van der Waals surface area (Å²) in [6, 6.07) is 13.5. The number of nitrogens with zero attached hydrogens (tertiary/aromatic N) is 1. The molecule has 3 amide bonds. The molecule has 0 aliphatic heterocycles. The van der Waals surface area contributed by atoms with Crippen LogP contribution in [0.3, 0.4) is 0 Å². The average Bonchev–Trinajstić information content (AvgIpc) is 2.92. The van der Waals surface area contributed by atoms with E-state index in [9.17, 15) is 19.2 Å². The van der Waals surface area contributed by atoms with Crippen LogP contribution in [0.2, 0.25) is 0 Å². The summed E-state index contributed by atoms with van der Waals surface area (Å²) in [6.07, 6.45) is -0.162. The second-order valence-corrected chi connectivity index (χ2v) is 9.89. The number of carbonyl (C=O) groups excluding carboxylic acids is 3. The van der Waals surface area contributed by atoms with Crippen LogP contribution in [0.5, 0.6) is 0 Å². The van der Waals surface area contributed by atoms with Gasteiger partial charge in [0.25, 0.3) is 0 Å². The lowest BCUT2D eigenvalue weighted by molar-refractivity contribution is -0.128. The van der Waals surface area contributed by atoms with Gasteiger partial charge in [-0.2, -0.15) is 0 Å². The summed E-state index contributed by atoms with van der Waals surface area (Å²) < 4.78 is 10.5. The number of guanidine groups is 1. The molecule has 2 atom stereocenters. The van der Waals surface area contributed by atoms with Crippen LogP contribution in [0.1, 0.15) is 37.8 Å². The van der Waals surface area contributed by atoms with Gasteiger partial charge in [0.15, 0.2) is 5.96 Å². The molecule has 0 aliphatic carbocycles. The predicted molar refractivity (Wildman–Crippen MR) is 156 cm³/mol. The zero-order valence-corrected chi connectivity index (χ0v) is 23.3. The van der Waals surface area contributed by atoms with Crippen LogP contribution in [0.15, 0.2) is 68.8 Å². The van der Waals surface area contributed by atoms with Crippen molar-refractivity contribution in [2.45, 2.75) is 52.3 Å². The quantitative estimate of drug-likeness (QED) is 0.0959. The Labute approximate surface area is 237 Å². The van der Waals surface area contributed by atoms with E-state index in [4.69, 9.17) is 20.6 Å². The summed E-state index contributed by atoms with van der Waals surface area (Å²) in [5.41, 5.74) is 12.5.